The highest BCUT2D eigenvalue weighted by atomic mass is 32.2. The predicted molar refractivity (Wildman–Crippen MR) is 117 cm³/mol. The van der Waals surface area contributed by atoms with Crippen molar-refractivity contribution >= 4 is 34.8 Å². The van der Waals surface area contributed by atoms with Crippen LogP contribution in [0.4, 0.5) is 5.69 Å². The smallest absolute Gasteiger partial charge is 0.272 e. The Kier molecular flexibility index (Phi) is 6.45. The van der Waals surface area contributed by atoms with Crippen molar-refractivity contribution in [3.63, 3.8) is 0 Å². The minimum Gasteiger partial charge on any atom is -0.491 e. The van der Waals surface area contributed by atoms with Crippen LogP contribution in [0.2, 0.25) is 0 Å². The summed E-state index contributed by atoms with van der Waals surface area (Å²) in [7, 11) is 0. The van der Waals surface area contributed by atoms with E-state index in [2.05, 4.69) is 0 Å². The molecule has 6 heteroatoms. The van der Waals surface area contributed by atoms with E-state index < -0.39 is 0 Å². The van der Waals surface area contributed by atoms with Crippen LogP contribution in [0.5, 0.6) is 5.75 Å². The van der Waals surface area contributed by atoms with E-state index in [0.717, 1.165) is 11.1 Å². The molecule has 5 nitrogen and oxygen atoms in total. The Morgan fingerprint density at radius 1 is 1.00 bits per heavy atom. The molecule has 0 radical (unpaired) electrons. The SMILES string of the molecule is Cc1ccc(N2C(=O)C(SCCO)=C(c3ccc(OC(C)C)cc3)C2=O)cc1C. The van der Waals surface area contributed by atoms with Gasteiger partial charge in [-0.2, -0.15) is 0 Å². The second-order valence-corrected chi connectivity index (χ2v) is 8.29. The van der Waals surface area contributed by atoms with Crippen LogP contribution < -0.4 is 9.64 Å². The van der Waals surface area contributed by atoms with Gasteiger partial charge in [0.25, 0.3) is 11.8 Å². The first-order valence-electron chi connectivity index (χ1n) is 9.54. The number of aryl methyl sites for hydroxylation is 2. The van der Waals surface area contributed by atoms with E-state index >= 15 is 0 Å². The standard InChI is InChI=1S/C23H25NO4S/c1-14(2)28-19-9-6-17(7-10-19)20-21(29-12-11-25)23(27)24(22(20)26)18-8-5-15(3)16(4)13-18/h5-10,13-14,25H,11-12H2,1-4H3. The molecule has 2 aromatic rings. The summed E-state index contributed by atoms with van der Waals surface area (Å²) in [6.07, 6.45) is 0.0469. The molecular weight excluding hydrogens is 386 g/mol. The van der Waals surface area contributed by atoms with Gasteiger partial charge >= 0.3 is 0 Å². The number of aliphatic hydroxyl groups excluding tert-OH is 1. The van der Waals surface area contributed by atoms with Gasteiger partial charge in [0.1, 0.15) is 5.75 Å². The van der Waals surface area contributed by atoms with Crippen LogP contribution in [0.1, 0.15) is 30.5 Å². The summed E-state index contributed by atoms with van der Waals surface area (Å²) in [6.45, 7) is 7.75. The molecule has 1 heterocycles. The maximum Gasteiger partial charge on any atom is 0.272 e. The van der Waals surface area contributed by atoms with Crippen LogP contribution in [-0.4, -0.2) is 35.4 Å². The fourth-order valence-electron chi connectivity index (χ4n) is 3.12. The van der Waals surface area contributed by atoms with Gasteiger partial charge < -0.3 is 9.84 Å². The Labute approximate surface area is 175 Å². The van der Waals surface area contributed by atoms with E-state index in [0.29, 0.717) is 33.2 Å². The van der Waals surface area contributed by atoms with Gasteiger partial charge in [0.15, 0.2) is 0 Å². The van der Waals surface area contributed by atoms with Crippen LogP contribution >= 0.6 is 11.8 Å². The summed E-state index contributed by atoms with van der Waals surface area (Å²) in [5.74, 6) is 0.342. The third-order valence-electron chi connectivity index (χ3n) is 4.64. The number of rotatable bonds is 7. The summed E-state index contributed by atoms with van der Waals surface area (Å²) in [5, 5.41) is 9.24. The Morgan fingerprint density at radius 2 is 1.69 bits per heavy atom. The van der Waals surface area contributed by atoms with Gasteiger partial charge in [0, 0.05) is 5.75 Å². The number of amides is 2. The van der Waals surface area contributed by atoms with Gasteiger partial charge in [-0.15, -0.1) is 11.8 Å². The van der Waals surface area contributed by atoms with Gasteiger partial charge in [-0.3, -0.25) is 9.59 Å². The highest BCUT2D eigenvalue weighted by molar-refractivity contribution is 8.04. The number of anilines is 1. The van der Waals surface area contributed by atoms with Gasteiger partial charge in [-0.25, -0.2) is 4.90 Å². The van der Waals surface area contributed by atoms with Crippen LogP contribution in [0.25, 0.3) is 5.57 Å². The summed E-state index contributed by atoms with van der Waals surface area (Å²) >= 11 is 1.21. The van der Waals surface area contributed by atoms with E-state index in [4.69, 9.17) is 4.74 Å². The first-order chi connectivity index (χ1) is 13.8. The Morgan fingerprint density at radius 3 is 2.28 bits per heavy atom. The van der Waals surface area contributed by atoms with Crippen molar-refractivity contribution < 1.29 is 19.4 Å². The molecule has 1 aliphatic rings. The number of ether oxygens (including phenoxy) is 1. The highest BCUT2D eigenvalue weighted by Gasteiger charge is 2.40. The van der Waals surface area contributed by atoms with E-state index in [-0.39, 0.29) is 24.5 Å². The minimum absolute atomic E-state index is 0.0469. The first kappa shape index (κ1) is 21.1. The molecule has 0 spiro atoms. The van der Waals surface area contributed by atoms with Crippen molar-refractivity contribution in [1.29, 1.82) is 0 Å². The zero-order chi connectivity index (χ0) is 21.1. The molecule has 0 saturated heterocycles. The number of carbonyl (C=O) groups excluding carboxylic acids is 2. The van der Waals surface area contributed by atoms with Gasteiger partial charge in [-0.05, 0) is 68.7 Å². The molecule has 1 aliphatic heterocycles. The van der Waals surface area contributed by atoms with Gasteiger partial charge in [-0.1, -0.05) is 18.2 Å². The molecule has 0 atom stereocenters. The fraction of sp³-hybridized carbons (Fsp3) is 0.304. The van der Waals surface area contributed by atoms with Crippen molar-refractivity contribution in [3.8, 4) is 5.75 Å². The number of hydrogen-bond acceptors (Lipinski definition) is 5. The third-order valence-corrected chi connectivity index (χ3v) is 5.70. The molecule has 0 fully saturated rings. The lowest BCUT2D eigenvalue weighted by Gasteiger charge is -2.16. The number of nitrogens with zero attached hydrogens (tertiary/aromatic N) is 1. The molecule has 0 aliphatic carbocycles. The number of imide groups is 1. The normalized spacial score (nSPS) is 14.3. The number of hydrogen-bond donors (Lipinski definition) is 1. The van der Waals surface area contributed by atoms with Crippen molar-refractivity contribution in [1.82, 2.24) is 0 Å². The lowest BCUT2D eigenvalue weighted by atomic mass is 10.1. The van der Waals surface area contributed by atoms with E-state index in [1.54, 1.807) is 30.3 Å². The number of aliphatic hydroxyl groups is 1. The molecule has 29 heavy (non-hydrogen) atoms. The van der Waals surface area contributed by atoms with Crippen molar-refractivity contribution in [2.24, 2.45) is 0 Å². The minimum atomic E-state index is -0.353. The Bertz CT molecular complexity index is 963. The van der Waals surface area contributed by atoms with Gasteiger partial charge in [0.2, 0.25) is 0 Å². The summed E-state index contributed by atoms with van der Waals surface area (Å²) < 4.78 is 5.67. The molecule has 0 saturated carbocycles. The highest BCUT2D eigenvalue weighted by Crippen LogP contribution is 2.39. The molecule has 1 N–H and O–H groups in total. The third kappa shape index (κ3) is 4.38. The fourth-order valence-corrected chi connectivity index (χ4v) is 3.98. The lowest BCUT2D eigenvalue weighted by Crippen LogP contribution is -2.31. The first-order valence-corrected chi connectivity index (χ1v) is 10.5. The second-order valence-electron chi connectivity index (χ2n) is 7.18. The summed E-state index contributed by atoms with van der Waals surface area (Å²) in [4.78, 5) is 28.0. The topological polar surface area (TPSA) is 66.8 Å². The zero-order valence-electron chi connectivity index (χ0n) is 17.1. The Hall–Kier alpha value is -2.57. The van der Waals surface area contributed by atoms with Crippen LogP contribution in [0, 0.1) is 13.8 Å². The average Bonchev–Trinajstić information content (AvgIpc) is 2.92. The Balaban J connectivity index is 2.01. The second kappa shape index (κ2) is 8.84. The van der Waals surface area contributed by atoms with Crippen molar-refractivity contribution in [3.05, 3.63) is 64.1 Å². The quantitative estimate of drug-likeness (QED) is 0.695. The van der Waals surface area contributed by atoms with Crippen molar-refractivity contribution in [2.75, 3.05) is 17.3 Å². The summed E-state index contributed by atoms with van der Waals surface area (Å²) in [6, 6.07) is 12.7. The predicted octanol–water partition coefficient (Wildman–Crippen LogP) is 4.10. The van der Waals surface area contributed by atoms with Crippen molar-refractivity contribution in [2.45, 2.75) is 33.8 Å². The number of carbonyl (C=O) groups is 2. The molecule has 0 unspecified atom stereocenters. The van der Waals surface area contributed by atoms with Gasteiger partial charge in [0.05, 0.1) is 28.9 Å². The van der Waals surface area contributed by atoms with E-state index in [9.17, 15) is 14.7 Å². The number of thioether (sulfide) groups is 1. The molecular formula is C23H25NO4S. The van der Waals surface area contributed by atoms with E-state index in [1.807, 2.05) is 39.8 Å². The molecule has 2 aromatic carbocycles. The zero-order valence-corrected chi connectivity index (χ0v) is 17.9. The summed E-state index contributed by atoms with van der Waals surface area (Å²) in [5.41, 5.74) is 3.68. The average molecular weight is 412 g/mol. The molecule has 152 valence electrons. The van der Waals surface area contributed by atoms with Crippen LogP contribution in [0.15, 0.2) is 47.4 Å². The maximum absolute atomic E-state index is 13.3. The van der Waals surface area contributed by atoms with Crippen LogP contribution in [-0.2, 0) is 9.59 Å². The monoisotopic (exact) mass is 411 g/mol. The maximum atomic E-state index is 13.3. The largest absolute Gasteiger partial charge is 0.491 e. The molecule has 0 bridgehead atoms. The lowest BCUT2D eigenvalue weighted by molar-refractivity contribution is -0.119. The molecule has 3 rings (SSSR count). The molecule has 2 amide bonds. The number of benzene rings is 2. The van der Waals surface area contributed by atoms with Crippen LogP contribution in [0.3, 0.4) is 0 Å². The molecule has 0 aromatic heterocycles. The van der Waals surface area contributed by atoms with E-state index in [1.165, 1.54) is 16.7 Å².